The number of carbonyl (C=O) groups is 2. The number of halogens is 2. The lowest BCUT2D eigenvalue weighted by molar-refractivity contribution is -0.134. The molecule has 1 unspecified atom stereocenters. The van der Waals surface area contributed by atoms with E-state index in [1.54, 1.807) is 0 Å². The van der Waals surface area contributed by atoms with E-state index in [1.807, 2.05) is 0 Å². The summed E-state index contributed by atoms with van der Waals surface area (Å²) in [6.45, 7) is 0. The first-order chi connectivity index (χ1) is 9.31. The van der Waals surface area contributed by atoms with E-state index in [1.165, 1.54) is 18.2 Å². The van der Waals surface area contributed by atoms with Gasteiger partial charge >= 0.3 is 0 Å². The van der Waals surface area contributed by atoms with Crippen LogP contribution in [-0.4, -0.2) is 26.3 Å². The van der Waals surface area contributed by atoms with E-state index in [-0.39, 0.29) is 27.8 Å². The highest BCUT2D eigenvalue weighted by Crippen LogP contribution is 2.29. The van der Waals surface area contributed by atoms with Crippen molar-refractivity contribution < 1.29 is 18.0 Å². The molecule has 20 heavy (non-hydrogen) atoms. The molecule has 2 N–H and O–H groups in total. The van der Waals surface area contributed by atoms with Crippen LogP contribution in [0.2, 0.25) is 10.0 Å². The molecule has 1 fully saturated rings. The first-order valence-electron chi connectivity index (χ1n) is 5.61. The van der Waals surface area contributed by atoms with Crippen LogP contribution in [0.5, 0.6) is 0 Å². The van der Waals surface area contributed by atoms with Crippen molar-refractivity contribution >= 4 is 45.0 Å². The van der Waals surface area contributed by atoms with Crippen molar-refractivity contribution in [1.82, 2.24) is 10.0 Å². The second kappa shape index (κ2) is 5.69. The van der Waals surface area contributed by atoms with Gasteiger partial charge in [0.2, 0.25) is 21.8 Å². The number of rotatable bonds is 3. The number of amides is 2. The number of piperidine rings is 1. The van der Waals surface area contributed by atoms with E-state index in [4.69, 9.17) is 23.2 Å². The van der Waals surface area contributed by atoms with Gasteiger partial charge in [-0.2, -0.15) is 4.72 Å². The van der Waals surface area contributed by atoms with Gasteiger partial charge in [0.15, 0.2) is 0 Å². The van der Waals surface area contributed by atoms with Crippen molar-refractivity contribution in [2.75, 3.05) is 0 Å². The molecule has 0 spiro atoms. The number of hydrogen-bond acceptors (Lipinski definition) is 4. The number of carbonyl (C=O) groups excluding carboxylic acids is 2. The lowest BCUT2D eigenvalue weighted by Gasteiger charge is -2.22. The Hall–Kier alpha value is -1.15. The fourth-order valence-corrected chi connectivity index (χ4v) is 4.17. The van der Waals surface area contributed by atoms with E-state index >= 15 is 0 Å². The minimum absolute atomic E-state index is 0.0442. The lowest BCUT2D eigenvalue weighted by atomic mass is 10.1. The smallest absolute Gasteiger partial charge is 0.244 e. The first-order valence-corrected chi connectivity index (χ1v) is 7.85. The minimum Gasteiger partial charge on any atom is -0.295 e. The predicted molar refractivity (Wildman–Crippen MR) is 73.0 cm³/mol. The zero-order valence-corrected chi connectivity index (χ0v) is 12.3. The van der Waals surface area contributed by atoms with Gasteiger partial charge in [-0.25, -0.2) is 8.42 Å². The average Bonchev–Trinajstić information content (AvgIpc) is 2.32. The normalized spacial score (nSPS) is 19.8. The Kier molecular flexibility index (Phi) is 4.33. The van der Waals surface area contributed by atoms with Crippen LogP contribution in [-0.2, 0) is 19.6 Å². The van der Waals surface area contributed by atoms with Gasteiger partial charge in [0, 0.05) is 6.42 Å². The van der Waals surface area contributed by atoms with Crippen LogP contribution >= 0.6 is 23.2 Å². The Balaban J connectivity index is 2.28. The summed E-state index contributed by atoms with van der Waals surface area (Å²) in [5.41, 5.74) is 0. The zero-order chi connectivity index (χ0) is 14.9. The van der Waals surface area contributed by atoms with Gasteiger partial charge in [0.1, 0.15) is 10.9 Å². The predicted octanol–water partition coefficient (Wildman–Crippen LogP) is 1.08. The fourth-order valence-electron chi connectivity index (χ4n) is 1.79. The van der Waals surface area contributed by atoms with E-state index in [0.717, 1.165) is 0 Å². The molecule has 1 aliphatic rings. The van der Waals surface area contributed by atoms with Gasteiger partial charge < -0.3 is 0 Å². The largest absolute Gasteiger partial charge is 0.295 e. The number of nitrogens with one attached hydrogen (secondary N) is 2. The summed E-state index contributed by atoms with van der Waals surface area (Å²) in [7, 11) is -4.06. The number of hydrogen-bond donors (Lipinski definition) is 2. The second-order valence-electron chi connectivity index (χ2n) is 4.18. The van der Waals surface area contributed by atoms with Crippen LogP contribution in [0.3, 0.4) is 0 Å². The highest BCUT2D eigenvalue weighted by molar-refractivity contribution is 7.89. The molecule has 1 aromatic carbocycles. The van der Waals surface area contributed by atoms with Crippen molar-refractivity contribution in [3.05, 3.63) is 28.2 Å². The summed E-state index contributed by atoms with van der Waals surface area (Å²) < 4.78 is 26.7. The van der Waals surface area contributed by atoms with Gasteiger partial charge in [-0.1, -0.05) is 29.3 Å². The molecule has 1 atom stereocenters. The van der Waals surface area contributed by atoms with Crippen molar-refractivity contribution in [3.63, 3.8) is 0 Å². The Morgan fingerprint density at radius 3 is 2.35 bits per heavy atom. The molecule has 2 rings (SSSR count). The molecular formula is C11H10Cl2N2O4S. The molecule has 6 nitrogen and oxygen atoms in total. The van der Waals surface area contributed by atoms with Gasteiger partial charge in [0.05, 0.1) is 10.0 Å². The van der Waals surface area contributed by atoms with Crippen LogP contribution in [0.4, 0.5) is 0 Å². The first kappa shape index (κ1) is 15.2. The molecule has 2 amide bonds. The van der Waals surface area contributed by atoms with E-state index < -0.39 is 27.9 Å². The molecule has 1 aliphatic heterocycles. The van der Waals surface area contributed by atoms with Gasteiger partial charge in [-0.3, -0.25) is 14.9 Å². The summed E-state index contributed by atoms with van der Waals surface area (Å²) in [5.74, 6) is -1.12. The summed E-state index contributed by atoms with van der Waals surface area (Å²) in [6, 6.07) is 3.25. The third-order valence-electron chi connectivity index (χ3n) is 2.72. The zero-order valence-electron chi connectivity index (χ0n) is 10.0. The Bertz CT molecular complexity index is 655. The SMILES string of the molecule is O=C1CCC(NS(=O)(=O)c2c(Cl)cccc2Cl)C(=O)N1. The highest BCUT2D eigenvalue weighted by Gasteiger charge is 2.32. The topological polar surface area (TPSA) is 92.3 Å². The quantitative estimate of drug-likeness (QED) is 0.807. The third kappa shape index (κ3) is 3.12. The van der Waals surface area contributed by atoms with Crippen molar-refractivity contribution in [2.24, 2.45) is 0 Å². The van der Waals surface area contributed by atoms with Crippen LogP contribution in [0.15, 0.2) is 23.1 Å². The standard InChI is InChI=1S/C11H10Cl2N2O4S/c12-6-2-1-3-7(13)10(6)20(18,19)15-8-4-5-9(16)14-11(8)17/h1-3,8,15H,4-5H2,(H,14,16,17). The number of imide groups is 1. The van der Waals surface area contributed by atoms with Gasteiger partial charge in [0.25, 0.3) is 0 Å². The molecule has 0 radical (unpaired) electrons. The van der Waals surface area contributed by atoms with E-state index in [2.05, 4.69) is 10.0 Å². The molecule has 1 saturated heterocycles. The molecule has 9 heteroatoms. The maximum Gasteiger partial charge on any atom is 0.244 e. The number of sulfonamides is 1. The summed E-state index contributed by atoms with van der Waals surface area (Å²) in [4.78, 5) is 22.3. The molecule has 0 aromatic heterocycles. The van der Waals surface area contributed by atoms with Crippen LogP contribution in [0, 0.1) is 0 Å². The molecule has 0 bridgehead atoms. The van der Waals surface area contributed by atoms with Gasteiger partial charge in [-0.15, -0.1) is 0 Å². The molecule has 1 heterocycles. The van der Waals surface area contributed by atoms with Crippen LogP contribution in [0.25, 0.3) is 0 Å². The maximum absolute atomic E-state index is 12.2. The monoisotopic (exact) mass is 336 g/mol. The molecular weight excluding hydrogens is 327 g/mol. The van der Waals surface area contributed by atoms with Crippen molar-refractivity contribution in [1.29, 1.82) is 0 Å². The summed E-state index contributed by atoms with van der Waals surface area (Å²) in [6.07, 6.45) is 0.154. The lowest BCUT2D eigenvalue weighted by Crippen LogP contribution is -2.52. The second-order valence-corrected chi connectivity index (χ2v) is 6.64. The van der Waals surface area contributed by atoms with Crippen LogP contribution in [0.1, 0.15) is 12.8 Å². The maximum atomic E-state index is 12.2. The molecule has 0 saturated carbocycles. The Morgan fingerprint density at radius 1 is 1.20 bits per heavy atom. The van der Waals surface area contributed by atoms with E-state index in [0.29, 0.717) is 0 Å². The van der Waals surface area contributed by atoms with Crippen molar-refractivity contribution in [3.8, 4) is 0 Å². The van der Waals surface area contributed by atoms with E-state index in [9.17, 15) is 18.0 Å². The summed E-state index contributed by atoms with van der Waals surface area (Å²) in [5, 5.41) is 1.97. The molecule has 0 aliphatic carbocycles. The Morgan fingerprint density at radius 2 is 1.80 bits per heavy atom. The molecule has 1 aromatic rings. The fraction of sp³-hybridized carbons (Fsp3) is 0.273. The number of benzene rings is 1. The average molecular weight is 337 g/mol. The van der Waals surface area contributed by atoms with Gasteiger partial charge in [-0.05, 0) is 18.6 Å². The minimum atomic E-state index is -4.06. The highest BCUT2D eigenvalue weighted by atomic mass is 35.5. The van der Waals surface area contributed by atoms with Crippen molar-refractivity contribution in [2.45, 2.75) is 23.8 Å². The van der Waals surface area contributed by atoms with Crippen LogP contribution < -0.4 is 10.0 Å². The molecule has 108 valence electrons. The summed E-state index contributed by atoms with van der Waals surface area (Å²) >= 11 is 11.7. The third-order valence-corrected chi connectivity index (χ3v) is 5.15. The Labute approximate surface area is 125 Å².